The zero-order chi connectivity index (χ0) is 28.9. The topological polar surface area (TPSA) is 125 Å². The first-order chi connectivity index (χ1) is 19.1. The molecule has 1 heterocycles. The van der Waals surface area contributed by atoms with Crippen molar-refractivity contribution in [2.75, 3.05) is 6.61 Å². The van der Waals surface area contributed by atoms with Crippen LogP contribution >= 0.6 is 0 Å². The molecule has 210 valence electrons. The van der Waals surface area contributed by atoms with E-state index < -0.39 is 49.6 Å². The lowest BCUT2D eigenvalue weighted by Crippen LogP contribution is -2.68. The lowest BCUT2D eigenvalue weighted by molar-refractivity contribution is -0.133. The molecule has 40 heavy (non-hydrogen) atoms. The first-order valence-corrected chi connectivity index (χ1v) is 14.9. The highest BCUT2D eigenvalue weighted by Crippen LogP contribution is 2.37. The highest BCUT2D eigenvalue weighted by molar-refractivity contribution is 6.99. The fourth-order valence-electron chi connectivity index (χ4n) is 5.29. The normalized spacial score (nSPS) is 19.4. The minimum Gasteiger partial charge on any atom is -0.465 e. The standard InChI is InChI=1S/C30H34N2O7Si/c1-30(2,3)40(22-15-9-5-10-16-22,23-17-11-6-12-18-23)39-20-24-25(26(33)27(34)32(24)29(36)37)31-28(35)38-19-21-13-7-4-8-14-21/h4-18,24-26,33H,19-20H2,1-3H3,(H,31,35)(H,36,37). The van der Waals surface area contributed by atoms with Crippen molar-refractivity contribution in [3.05, 3.63) is 96.6 Å². The fraction of sp³-hybridized carbons (Fsp3) is 0.300. The quantitative estimate of drug-likeness (QED) is 0.360. The van der Waals surface area contributed by atoms with Crippen molar-refractivity contribution in [3.63, 3.8) is 0 Å². The Balaban J connectivity index is 1.66. The van der Waals surface area contributed by atoms with Gasteiger partial charge in [-0.2, -0.15) is 0 Å². The van der Waals surface area contributed by atoms with Crippen LogP contribution in [0.25, 0.3) is 0 Å². The molecule has 0 aromatic heterocycles. The van der Waals surface area contributed by atoms with E-state index in [1.807, 2.05) is 66.7 Å². The molecule has 3 unspecified atom stereocenters. The number of nitrogens with zero attached hydrogens (tertiary/aromatic N) is 1. The maximum atomic E-state index is 12.8. The minimum absolute atomic E-state index is 0.0324. The molecule has 3 aromatic carbocycles. The van der Waals surface area contributed by atoms with Gasteiger partial charge in [0.2, 0.25) is 0 Å². The Morgan fingerprint density at radius 1 is 0.900 bits per heavy atom. The summed E-state index contributed by atoms with van der Waals surface area (Å²) in [5.74, 6) is -1.03. The van der Waals surface area contributed by atoms with Crippen LogP contribution in [0.2, 0.25) is 5.04 Å². The van der Waals surface area contributed by atoms with Gasteiger partial charge in [-0.1, -0.05) is 112 Å². The maximum absolute atomic E-state index is 12.8. The van der Waals surface area contributed by atoms with E-state index in [0.29, 0.717) is 4.90 Å². The molecule has 1 fully saturated rings. The van der Waals surface area contributed by atoms with Crippen LogP contribution in [0.5, 0.6) is 0 Å². The molecule has 1 aliphatic rings. The third-order valence-electron chi connectivity index (χ3n) is 7.17. The number of rotatable bonds is 8. The third kappa shape index (κ3) is 5.79. The predicted molar refractivity (Wildman–Crippen MR) is 152 cm³/mol. The zero-order valence-electron chi connectivity index (χ0n) is 22.7. The lowest BCUT2D eigenvalue weighted by Gasteiger charge is -2.44. The average Bonchev–Trinajstić information content (AvgIpc) is 3.17. The number of likely N-dealkylation sites (tertiary alicyclic amines) is 1. The Kier molecular flexibility index (Phi) is 8.72. The highest BCUT2D eigenvalue weighted by Gasteiger charge is 2.55. The predicted octanol–water partition coefficient (Wildman–Crippen LogP) is 3.11. The van der Waals surface area contributed by atoms with Crippen LogP contribution in [-0.2, 0) is 20.6 Å². The van der Waals surface area contributed by atoms with E-state index in [9.17, 15) is 24.6 Å². The van der Waals surface area contributed by atoms with Crippen molar-refractivity contribution in [3.8, 4) is 0 Å². The Labute approximate surface area is 234 Å². The number of aliphatic hydroxyl groups excluding tert-OH is 1. The van der Waals surface area contributed by atoms with Crippen molar-refractivity contribution in [2.45, 2.75) is 50.6 Å². The summed E-state index contributed by atoms with van der Waals surface area (Å²) in [6, 6.07) is 26.0. The maximum Gasteiger partial charge on any atom is 0.414 e. The number of carboxylic acid groups (broad SMARTS) is 1. The van der Waals surface area contributed by atoms with Crippen LogP contribution in [0.15, 0.2) is 91.0 Å². The molecule has 0 radical (unpaired) electrons. The van der Waals surface area contributed by atoms with Gasteiger partial charge in [0.15, 0.2) is 6.10 Å². The largest absolute Gasteiger partial charge is 0.465 e. The molecule has 0 aliphatic carbocycles. The number of ether oxygens (including phenoxy) is 1. The molecule has 3 N–H and O–H groups in total. The minimum atomic E-state index is -3.11. The first kappa shape index (κ1) is 29.0. The highest BCUT2D eigenvalue weighted by atomic mass is 28.4. The molecule has 0 saturated carbocycles. The van der Waals surface area contributed by atoms with E-state index in [2.05, 4.69) is 26.1 Å². The second kappa shape index (κ2) is 12.0. The number of hydrogen-bond acceptors (Lipinski definition) is 6. The number of benzene rings is 3. The number of hydrogen-bond donors (Lipinski definition) is 3. The van der Waals surface area contributed by atoms with Crippen molar-refractivity contribution in [1.29, 1.82) is 0 Å². The van der Waals surface area contributed by atoms with Gasteiger partial charge in [-0.05, 0) is 21.0 Å². The van der Waals surface area contributed by atoms with Crippen molar-refractivity contribution in [1.82, 2.24) is 10.2 Å². The molecule has 3 amide bonds. The number of amides is 3. The first-order valence-electron chi connectivity index (χ1n) is 13.0. The Bertz CT molecular complexity index is 1280. The van der Waals surface area contributed by atoms with Crippen LogP contribution in [0, 0.1) is 0 Å². The molecule has 3 aromatic rings. The summed E-state index contributed by atoms with van der Waals surface area (Å²) in [6.45, 7) is 5.93. The van der Waals surface area contributed by atoms with Crippen LogP contribution in [0.4, 0.5) is 9.59 Å². The third-order valence-corrected chi connectivity index (χ3v) is 12.2. The molecule has 10 heteroatoms. The number of carbonyl (C=O) groups excluding carboxylic acids is 2. The number of aliphatic hydroxyl groups is 1. The number of carbonyl (C=O) groups is 3. The van der Waals surface area contributed by atoms with Gasteiger partial charge >= 0.3 is 12.2 Å². The molecular formula is C30H34N2O7Si. The van der Waals surface area contributed by atoms with Crippen LogP contribution in [-0.4, -0.2) is 66.3 Å². The van der Waals surface area contributed by atoms with Gasteiger partial charge < -0.3 is 24.7 Å². The Morgan fingerprint density at radius 2 is 1.40 bits per heavy atom. The summed E-state index contributed by atoms with van der Waals surface area (Å²) >= 11 is 0. The van der Waals surface area contributed by atoms with Gasteiger partial charge in [-0.25, -0.2) is 14.5 Å². The van der Waals surface area contributed by atoms with Gasteiger partial charge in [0.05, 0.1) is 18.7 Å². The average molecular weight is 563 g/mol. The van der Waals surface area contributed by atoms with E-state index in [4.69, 9.17) is 9.16 Å². The second-order valence-corrected chi connectivity index (χ2v) is 15.0. The van der Waals surface area contributed by atoms with E-state index in [1.54, 1.807) is 24.3 Å². The zero-order valence-corrected chi connectivity index (χ0v) is 23.7. The summed E-state index contributed by atoms with van der Waals surface area (Å²) in [7, 11) is -3.11. The molecule has 0 spiro atoms. The van der Waals surface area contributed by atoms with Gasteiger partial charge in [0.1, 0.15) is 6.61 Å². The van der Waals surface area contributed by atoms with Crippen LogP contribution < -0.4 is 15.7 Å². The van der Waals surface area contributed by atoms with E-state index in [1.165, 1.54) is 0 Å². The lowest BCUT2D eigenvalue weighted by atomic mass is 10.1. The SMILES string of the molecule is CC(C)(C)[Si](OCC1C(NC(=O)OCc2ccccc2)C(O)C(=O)N1C(=O)O)(c1ccccc1)c1ccccc1. The van der Waals surface area contributed by atoms with Gasteiger partial charge in [0, 0.05) is 0 Å². The van der Waals surface area contributed by atoms with E-state index in [0.717, 1.165) is 15.9 Å². The molecule has 3 atom stereocenters. The number of imide groups is 1. The smallest absolute Gasteiger partial charge is 0.414 e. The molecular weight excluding hydrogens is 528 g/mol. The van der Waals surface area contributed by atoms with Gasteiger partial charge in [0.25, 0.3) is 14.2 Å². The summed E-state index contributed by atoms with van der Waals surface area (Å²) in [4.78, 5) is 38.3. The molecule has 4 rings (SSSR count). The van der Waals surface area contributed by atoms with Crippen LogP contribution in [0.1, 0.15) is 26.3 Å². The molecule has 1 saturated heterocycles. The molecule has 9 nitrogen and oxygen atoms in total. The number of alkyl carbamates (subject to hydrolysis) is 1. The Morgan fingerprint density at radius 3 is 1.88 bits per heavy atom. The Hall–Kier alpha value is -3.99. The molecule has 0 bridgehead atoms. The summed E-state index contributed by atoms with van der Waals surface area (Å²) < 4.78 is 12.1. The summed E-state index contributed by atoms with van der Waals surface area (Å²) in [5, 5.41) is 24.7. The summed E-state index contributed by atoms with van der Waals surface area (Å²) in [5.41, 5.74) is 0.749. The number of nitrogens with one attached hydrogen (secondary N) is 1. The monoisotopic (exact) mass is 562 g/mol. The second-order valence-electron chi connectivity index (χ2n) is 10.7. The molecule has 1 aliphatic heterocycles. The van der Waals surface area contributed by atoms with Gasteiger partial charge in [-0.15, -0.1) is 0 Å². The van der Waals surface area contributed by atoms with E-state index in [-0.39, 0.29) is 13.2 Å². The fourth-order valence-corrected chi connectivity index (χ4v) is 9.87. The van der Waals surface area contributed by atoms with Crippen molar-refractivity contribution < 1.29 is 33.8 Å². The summed E-state index contributed by atoms with van der Waals surface area (Å²) in [6.07, 6.45) is -4.21. The van der Waals surface area contributed by atoms with Crippen LogP contribution in [0.3, 0.4) is 0 Å². The van der Waals surface area contributed by atoms with E-state index >= 15 is 0 Å². The van der Waals surface area contributed by atoms with Crippen molar-refractivity contribution >= 4 is 36.8 Å². The van der Waals surface area contributed by atoms with Gasteiger partial charge in [-0.3, -0.25) is 4.79 Å². The van der Waals surface area contributed by atoms with Crippen molar-refractivity contribution in [2.24, 2.45) is 0 Å².